The maximum Gasteiger partial charge on any atom is 0.349 e. The number of carboxylic acid groups (broad SMARTS) is 2. The lowest BCUT2D eigenvalue weighted by Gasteiger charge is -2.04. The summed E-state index contributed by atoms with van der Waals surface area (Å²) in [5.41, 5.74) is 18.1. The number of esters is 3. The van der Waals surface area contributed by atoms with Crippen LogP contribution in [0.4, 0.5) is 10.0 Å². The van der Waals surface area contributed by atoms with Crippen molar-refractivity contribution in [2.75, 3.05) is 31.3 Å². The number of carbonyl (C=O) groups excluding carboxylic acids is 4. The van der Waals surface area contributed by atoms with Crippen LogP contribution in [-0.2, 0) is 109 Å². The first-order valence-corrected chi connectivity index (χ1v) is 32.8. The number of carbonyl (C=O) groups is 6. The number of aromatic nitrogens is 4. The Morgan fingerprint density at radius 3 is 1.42 bits per heavy atom. The maximum absolute atomic E-state index is 11.8. The molecular weight excluding hydrogens is 1210 g/mol. The van der Waals surface area contributed by atoms with Gasteiger partial charge < -0.3 is 42.0 Å². The van der Waals surface area contributed by atoms with Crippen molar-refractivity contribution in [3.63, 3.8) is 0 Å². The number of carboxylic acids is 2. The lowest BCUT2D eigenvalue weighted by atomic mass is 10.0. The second-order valence-corrected chi connectivity index (χ2v) is 25.7. The number of hydrogen-bond acceptors (Lipinski definition) is 22. The van der Waals surface area contributed by atoms with Crippen molar-refractivity contribution >= 4 is 150 Å². The van der Waals surface area contributed by atoms with Crippen LogP contribution < -0.4 is 17.6 Å². The minimum Gasteiger partial charge on any atom is -0.481 e. The number of allylic oxidation sites excluding steroid dienone is 1. The zero-order valence-electron chi connectivity index (χ0n) is 43.5. The fraction of sp³-hybridized carbons (Fsp3) is 0.224. The summed E-state index contributed by atoms with van der Waals surface area (Å²) in [4.78, 5) is 77.6. The number of nitrogens with zero attached hydrogens (tertiary/aromatic N) is 6. The van der Waals surface area contributed by atoms with Crippen molar-refractivity contribution < 1.29 is 53.2 Å². The molecule has 0 fully saturated rings. The first kappa shape index (κ1) is 76.3. The van der Waals surface area contributed by atoms with E-state index in [0.29, 0.717) is 34.9 Å². The van der Waals surface area contributed by atoms with E-state index in [-0.39, 0.29) is 36.5 Å². The van der Waals surface area contributed by atoms with Crippen LogP contribution >= 0.6 is 22.7 Å². The second kappa shape index (κ2) is 49.4. The fourth-order valence-electron chi connectivity index (χ4n) is 4.72. The highest BCUT2D eigenvalue weighted by Gasteiger charge is 2.19. The Morgan fingerprint density at radius 1 is 0.620 bits per heavy atom. The van der Waals surface area contributed by atoms with E-state index in [1.54, 1.807) is 154 Å². The molecule has 0 aliphatic carbocycles. The summed E-state index contributed by atoms with van der Waals surface area (Å²) < 4.78 is 14.2. The quantitative estimate of drug-likeness (QED) is 0.0281. The molecule has 6 heterocycles. The lowest BCUT2D eigenvalue weighted by molar-refractivity contribution is -0.142. The zero-order valence-corrected chi connectivity index (χ0v) is 51.7. The molecule has 0 aliphatic rings. The molecule has 20 nitrogen and oxygen atoms in total. The van der Waals surface area contributed by atoms with Gasteiger partial charge in [0.2, 0.25) is 0 Å². The predicted octanol–water partition coefficient (Wildman–Crippen LogP) is 8.98. The minimum atomic E-state index is -0.833. The van der Waals surface area contributed by atoms with Gasteiger partial charge in [-0.05, 0) is 117 Å². The number of rotatable bonds is 10. The monoisotopic (exact) mass is 1270 g/mol. The highest BCUT2D eigenvalue weighted by molar-refractivity contribution is 8.70. The topological polar surface area (TPSA) is 357 Å². The Balaban J connectivity index is -0.000000869. The van der Waals surface area contributed by atoms with Crippen LogP contribution in [0.25, 0.3) is 27.8 Å². The molecule has 424 valence electrons. The summed E-state index contributed by atoms with van der Waals surface area (Å²) in [5, 5.41) is 36.9. The number of thiophene rings is 2. The number of pyridine rings is 4. The molecule has 30 heteroatoms. The Kier molecular flexibility index (Phi) is 47.7. The molecule has 0 radical (unpaired) electrons. The number of ether oxygens (including phenoxy) is 3. The third-order valence-corrected chi connectivity index (χ3v) is 20.4. The molecule has 6 rings (SSSR count). The van der Waals surface area contributed by atoms with Gasteiger partial charge in [-0.2, -0.15) is 10.5 Å². The average molecular weight is 1270 g/mol. The summed E-state index contributed by atoms with van der Waals surface area (Å²) >= 11 is 12.1. The molecule has 0 saturated heterocycles. The van der Waals surface area contributed by atoms with Crippen LogP contribution in [0.2, 0.25) is 0 Å². The summed E-state index contributed by atoms with van der Waals surface area (Å²) in [7, 11) is 9.12. The van der Waals surface area contributed by atoms with Crippen molar-refractivity contribution in [1.82, 2.24) is 26.1 Å². The third kappa shape index (κ3) is 38.3. The number of nitrogen functional groups attached to an aromatic ring is 2. The van der Waals surface area contributed by atoms with Crippen LogP contribution in [0.1, 0.15) is 81.2 Å². The van der Waals surface area contributed by atoms with Gasteiger partial charge in [-0.3, -0.25) is 39.1 Å². The Labute approximate surface area is 493 Å². The largest absolute Gasteiger partial charge is 0.481 e. The number of nitriles is 2. The fourth-order valence-corrected chi connectivity index (χ4v) is 17.2. The lowest BCUT2D eigenvalue weighted by Crippen LogP contribution is -2.08. The summed E-state index contributed by atoms with van der Waals surface area (Å²) in [6.45, 7) is 11.5. The molecule has 0 saturated carbocycles. The summed E-state index contributed by atoms with van der Waals surface area (Å²) in [5.74, 6) is -3.00. The van der Waals surface area contributed by atoms with E-state index in [9.17, 15) is 19.2 Å². The van der Waals surface area contributed by atoms with Gasteiger partial charge in [-0.25, -0.2) is 9.59 Å². The molecule has 9 N–H and O–H groups in total. The smallest absolute Gasteiger partial charge is 0.349 e. The molecule has 0 aromatic carbocycles. The van der Waals surface area contributed by atoms with Crippen molar-refractivity contribution in [3.8, 4) is 34.4 Å². The van der Waals surface area contributed by atoms with E-state index < -0.39 is 23.9 Å². The predicted molar refractivity (Wildman–Crippen MR) is 331 cm³/mol. The van der Waals surface area contributed by atoms with Crippen molar-refractivity contribution in [1.29, 1.82) is 10.5 Å². The van der Waals surface area contributed by atoms with Crippen molar-refractivity contribution in [3.05, 3.63) is 137 Å². The molecule has 0 bridgehead atoms. The highest BCUT2D eigenvalue weighted by Crippen LogP contribution is 2.34. The number of hydrogen-bond donors (Lipinski definition) is 5. The number of nitrogens with two attached hydrogens (primary N) is 2. The molecule has 6 aromatic rings. The van der Waals surface area contributed by atoms with Gasteiger partial charge in [0.1, 0.15) is 28.6 Å². The van der Waals surface area contributed by atoms with E-state index in [4.69, 9.17) is 51.3 Å². The molecular formula is C49H57N9O11S10. The Morgan fingerprint density at radius 2 is 1.05 bits per heavy atom. The molecule has 6 aromatic heterocycles. The van der Waals surface area contributed by atoms with Crippen LogP contribution in [0, 0.1) is 22.7 Å². The van der Waals surface area contributed by atoms with Crippen molar-refractivity contribution in [2.24, 2.45) is 0 Å². The summed E-state index contributed by atoms with van der Waals surface area (Å²) in [6.07, 6.45) is 13.2. The molecule has 0 amide bonds. The average Bonchev–Trinajstić information content (AvgIpc) is 4.06. The molecule has 0 atom stereocenters. The van der Waals surface area contributed by atoms with Crippen LogP contribution in [-0.4, -0.2) is 85.6 Å². The molecule has 0 unspecified atom stereocenters. The molecule has 0 aliphatic heterocycles. The first-order valence-electron chi connectivity index (χ1n) is 21.7. The van der Waals surface area contributed by atoms with Crippen LogP contribution in [0.5, 0.6) is 0 Å². The van der Waals surface area contributed by atoms with E-state index >= 15 is 0 Å². The number of Topliss-reactive ketones (excluding diaryl/α,β-unsaturated/α-hetero) is 1. The molecule has 0 spiro atoms. The SMILES string of the molecule is CC(=O)O.CC(=O)O.CC(=O)c1ccncc1.CCOC(=O)/C(C#N)=C(\C)c1ccncc1.CCOC(=O)CC#N.CCOC(=O)c1c(-c2ccncc2)csc1N.N.Nc1cc(-c2ccncc2)cs1.S=S=S=S=S=S=S=S. The van der Waals surface area contributed by atoms with E-state index in [2.05, 4.69) is 47.0 Å². The summed E-state index contributed by atoms with van der Waals surface area (Å²) in [6, 6.07) is 20.0. The van der Waals surface area contributed by atoms with E-state index in [1.165, 1.54) is 41.6 Å². The minimum absolute atomic E-state index is 0. The van der Waals surface area contributed by atoms with E-state index in [1.807, 2.05) is 47.2 Å². The zero-order chi connectivity index (χ0) is 59.1. The van der Waals surface area contributed by atoms with Gasteiger partial charge in [-0.15, -0.1) is 22.7 Å². The van der Waals surface area contributed by atoms with E-state index in [0.717, 1.165) is 41.1 Å². The number of ketones is 1. The van der Waals surface area contributed by atoms with Crippen LogP contribution in [0.3, 0.4) is 0 Å². The molecule has 79 heavy (non-hydrogen) atoms. The number of anilines is 2. The van der Waals surface area contributed by atoms with Gasteiger partial charge in [0.05, 0.1) is 30.9 Å². The van der Waals surface area contributed by atoms with Crippen molar-refractivity contribution in [2.45, 2.75) is 54.9 Å². The van der Waals surface area contributed by atoms with Gasteiger partial charge in [0.15, 0.2) is 5.78 Å². The number of aliphatic carboxylic acids is 2. The Hall–Kier alpha value is -6.94. The Bertz CT molecular complexity index is 3130. The van der Waals surface area contributed by atoms with Crippen LogP contribution in [0.15, 0.2) is 121 Å². The standard InChI is InChI=1S/C12H12N2O2S.C12H12N2O2.C9H8N2S.C7H7NO.C5H7NO2.2C2H4O2.H3N.S8/c1-2-16-12(15)10-9(7-17-11(10)13)8-3-5-14-6-4-8;1-3-16-12(15)11(8-13)9(2)10-4-6-14-7-5-10;10-9-5-8(6-12-9)7-1-3-11-4-2-7;1-6(9)7-2-4-8-5-3-7;1-2-8-5(7)3-4-6;2*1-2(3)4;;1-3-5-7-8-6-4-2/h3-7H,2,13H2,1H3;4-7H,3H2,1-2H3;1-6H,10H2;2-5H,1H3;2-3H2,1H3;2*1H3,(H,3,4);1H3;/b;11-9+;;;;;;;. The third-order valence-electron chi connectivity index (χ3n) is 7.76. The highest BCUT2D eigenvalue weighted by atomic mass is 33.4. The normalized spacial score (nSPS) is 9.08. The maximum atomic E-state index is 11.8. The second-order valence-electron chi connectivity index (χ2n) is 13.3. The van der Waals surface area contributed by atoms with Gasteiger partial charge >= 0.3 is 17.9 Å². The first-order chi connectivity index (χ1) is 37.3. The van der Waals surface area contributed by atoms with Gasteiger partial charge in [-0.1, -0.05) is 0 Å². The van der Waals surface area contributed by atoms with Gasteiger partial charge in [0, 0.05) is 161 Å². The van der Waals surface area contributed by atoms with Gasteiger partial charge in [0.25, 0.3) is 11.9 Å².